The fraction of sp³-hybridized carbons (Fsp3) is 0.0500. The van der Waals surface area contributed by atoms with Crippen LogP contribution in [0.25, 0.3) is 22.2 Å². The monoisotopic (exact) mass is 407 g/mol. The predicted molar refractivity (Wildman–Crippen MR) is 106 cm³/mol. The summed E-state index contributed by atoms with van der Waals surface area (Å²) in [5.74, 6) is 1.82. The summed E-state index contributed by atoms with van der Waals surface area (Å²) in [5.41, 5.74) is 1.41. The van der Waals surface area contributed by atoms with Gasteiger partial charge in [-0.2, -0.15) is 9.78 Å². The number of aryl methyl sites for hydroxylation is 1. The summed E-state index contributed by atoms with van der Waals surface area (Å²) in [5, 5.41) is 4.78. The van der Waals surface area contributed by atoms with Crippen molar-refractivity contribution in [1.29, 1.82) is 0 Å². The molecule has 2 heterocycles. The van der Waals surface area contributed by atoms with Crippen LogP contribution in [0.2, 0.25) is 0 Å². The summed E-state index contributed by atoms with van der Waals surface area (Å²) >= 11 is 3.38. The molecule has 0 unspecified atom stereocenters. The Morgan fingerprint density at radius 1 is 1.12 bits per heavy atom. The van der Waals surface area contributed by atoms with Gasteiger partial charge < -0.3 is 4.42 Å². The number of benzene rings is 2. The molecule has 0 spiro atoms. The van der Waals surface area contributed by atoms with Crippen LogP contribution >= 0.6 is 15.9 Å². The van der Waals surface area contributed by atoms with Crippen molar-refractivity contribution >= 4 is 33.0 Å². The first-order valence-electron chi connectivity index (χ1n) is 8.00. The van der Waals surface area contributed by atoms with Gasteiger partial charge in [0.15, 0.2) is 0 Å². The van der Waals surface area contributed by atoms with Gasteiger partial charge in [-0.3, -0.25) is 4.79 Å². The van der Waals surface area contributed by atoms with E-state index in [1.807, 2.05) is 48.5 Å². The summed E-state index contributed by atoms with van der Waals surface area (Å²) in [6, 6.07) is 18.9. The summed E-state index contributed by atoms with van der Waals surface area (Å²) in [6.45, 7) is 1.75. The molecule has 0 saturated carbocycles. The highest BCUT2D eigenvalue weighted by atomic mass is 79.9. The highest BCUT2D eigenvalue weighted by Crippen LogP contribution is 2.21. The van der Waals surface area contributed by atoms with E-state index in [-0.39, 0.29) is 5.56 Å². The van der Waals surface area contributed by atoms with Crippen molar-refractivity contribution in [3.8, 4) is 11.3 Å². The molecule has 2 aromatic heterocycles. The first kappa shape index (κ1) is 16.5. The molecule has 0 saturated heterocycles. The van der Waals surface area contributed by atoms with Crippen LogP contribution in [0.1, 0.15) is 11.6 Å². The number of fused-ring (bicyclic) bond motifs is 1. The molecule has 0 aliphatic carbocycles. The number of nitrogens with zero attached hydrogens (tertiary/aromatic N) is 3. The molecule has 26 heavy (non-hydrogen) atoms. The van der Waals surface area contributed by atoms with Gasteiger partial charge in [0.25, 0.3) is 5.56 Å². The Morgan fingerprint density at radius 3 is 2.73 bits per heavy atom. The summed E-state index contributed by atoms with van der Waals surface area (Å²) < 4.78 is 7.88. The number of aromatic nitrogens is 2. The zero-order valence-corrected chi connectivity index (χ0v) is 15.5. The van der Waals surface area contributed by atoms with Crippen molar-refractivity contribution in [1.82, 2.24) is 9.66 Å². The Hall–Kier alpha value is -2.99. The molecule has 128 valence electrons. The fourth-order valence-electron chi connectivity index (χ4n) is 2.69. The standard InChI is InChI=1S/C20H14BrN3O2/c1-13-23-18-9-7-15(21)11-17(18)20(25)24(13)22-12-16-8-10-19(26-16)14-5-3-2-4-6-14/h2-12H,1H3. The number of hydrogen-bond donors (Lipinski definition) is 0. The van der Waals surface area contributed by atoms with Crippen molar-refractivity contribution in [2.75, 3.05) is 0 Å². The first-order valence-corrected chi connectivity index (χ1v) is 8.80. The molecule has 0 radical (unpaired) electrons. The number of furan rings is 1. The fourth-order valence-corrected chi connectivity index (χ4v) is 3.05. The third kappa shape index (κ3) is 3.11. The summed E-state index contributed by atoms with van der Waals surface area (Å²) in [7, 11) is 0. The van der Waals surface area contributed by atoms with Crippen molar-refractivity contribution in [3.63, 3.8) is 0 Å². The molecule has 0 aliphatic rings. The number of halogens is 1. The average Bonchev–Trinajstić information content (AvgIpc) is 3.12. The minimum absolute atomic E-state index is 0.222. The van der Waals surface area contributed by atoms with Crippen LogP contribution in [0, 0.1) is 6.92 Å². The molecule has 0 atom stereocenters. The average molecular weight is 408 g/mol. The van der Waals surface area contributed by atoms with Crippen LogP contribution in [0.3, 0.4) is 0 Å². The molecule has 0 amide bonds. The van der Waals surface area contributed by atoms with E-state index in [4.69, 9.17) is 4.42 Å². The van der Waals surface area contributed by atoms with Crippen molar-refractivity contribution in [2.24, 2.45) is 5.10 Å². The van der Waals surface area contributed by atoms with Crippen molar-refractivity contribution in [2.45, 2.75) is 6.92 Å². The van der Waals surface area contributed by atoms with E-state index in [1.54, 1.807) is 19.1 Å². The van der Waals surface area contributed by atoms with E-state index in [9.17, 15) is 4.79 Å². The zero-order chi connectivity index (χ0) is 18.1. The lowest BCUT2D eigenvalue weighted by atomic mass is 10.2. The largest absolute Gasteiger partial charge is 0.455 e. The quantitative estimate of drug-likeness (QED) is 0.465. The molecule has 4 rings (SSSR count). The third-order valence-electron chi connectivity index (χ3n) is 3.96. The maximum atomic E-state index is 12.7. The Kier molecular flexibility index (Phi) is 4.26. The molecule has 2 aromatic carbocycles. The van der Waals surface area contributed by atoms with Crippen molar-refractivity contribution < 1.29 is 4.42 Å². The summed E-state index contributed by atoms with van der Waals surface area (Å²) in [6.07, 6.45) is 1.52. The van der Waals surface area contributed by atoms with E-state index in [0.717, 1.165) is 15.8 Å². The molecule has 4 aromatic rings. The minimum atomic E-state index is -0.222. The Labute approximate surface area is 157 Å². The zero-order valence-electron chi connectivity index (χ0n) is 13.9. The van der Waals surface area contributed by atoms with Gasteiger partial charge in [-0.25, -0.2) is 4.98 Å². The van der Waals surface area contributed by atoms with Crippen molar-refractivity contribution in [3.05, 3.63) is 87.1 Å². The molecule has 5 nitrogen and oxygen atoms in total. The maximum Gasteiger partial charge on any atom is 0.282 e. The van der Waals surface area contributed by atoms with Crippen LogP contribution in [-0.4, -0.2) is 15.9 Å². The Balaban J connectivity index is 1.71. The van der Waals surface area contributed by atoms with Gasteiger partial charge in [-0.15, -0.1) is 0 Å². The first-order chi connectivity index (χ1) is 12.6. The second kappa shape index (κ2) is 6.72. The normalized spacial score (nSPS) is 11.5. The molecule has 6 heteroatoms. The lowest BCUT2D eigenvalue weighted by Gasteiger charge is -2.05. The second-order valence-corrected chi connectivity index (χ2v) is 6.67. The second-order valence-electron chi connectivity index (χ2n) is 5.75. The summed E-state index contributed by atoms with van der Waals surface area (Å²) in [4.78, 5) is 17.1. The third-order valence-corrected chi connectivity index (χ3v) is 4.45. The van der Waals surface area contributed by atoms with E-state index in [1.165, 1.54) is 10.9 Å². The topological polar surface area (TPSA) is 60.4 Å². The van der Waals surface area contributed by atoms with Gasteiger partial charge in [0.05, 0.1) is 17.1 Å². The molecule has 0 N–H and O–H groups in total. The van der Waals surface area contributed by atoms with E-state index >= 15 is 0 Å². The maximum absolute atomic E-state index is 12.7. The van der Waals surface area contributed by atoms with Gasteiger partial charge in [0.2, 0.25) is 0 Å². The smallest absolute Gasteiger partial charge is 0.282 e. The van der Waals surface area contributed by atoms with Gasteiger partial charge in [0.1, 0.15) is 17.3 Å². The van der Waals surface area contributed by atoms with Crippen LogP contribution in [0.4, 0.5) is 0 Å². The van der Waals surface area contributed by atoms with Gasteiger partial charge in [-0.1, -0.05) is 46.3 Å². The molecular weight excluding hydrogens is 394 g/mol. The lowest BCUT2D eigenvalue weighted by molar-refractivity contribution is 0.573. The van der Waals surface area contributed by atoms with Crippen LogP contribution < -0.4 is 5.56 Å². The van der Waals surface area contributed by atoms with Crippen LogP contribution in [-0.2, 0) is 0 Å². The van der Waals surface area contributed by atoms with E-state index in [2.05, 4.69) is 26.0 Å². The SMILES string of the molecule is Cc1nc2ccc(Br)cc2c(=O)n1N=Cc1ccc(-c2ccccc2)o1. The van der Waals surface area contributed by atoms with Gasteiger partial charge >= 0.3 is 0 Å². The highest BCUT2D eigenvalue weighted by Gasteiger charge is 2.08. The van der Waals surface area contributed by atoms with Crippen LogP contribution in [0.15, 0.2) is 79.4 Å². The Morgan fingerprint density at radius 2 is 1.92 bits per heavy atom. The molecule has 0 aliphatic heterocycles. The molecule has 0 bridgehead atoms. The van der Waals surface area contributed by atoms with E-state index in [0.29, 0.717) is 22.5 Å². The highest BCUT2D eigenvalue weighted by molar-refractivity contribution is 9.10. The van der Waals surface area contributed by atoms with Gasteiger partial charge in [-0.05, 0) is 37.3 Å². The molecular formula is C20H14BrN3O2. The van der Waals surface area contributed by atoms with E-state index < -0.39 is 0 Å². The number of rotatable bonds is 3. The molecule has 0 fully saturated rings. The van der Waals surface area contributed by atoms with Crippen LogP contribution in [0.5, 0.6) is 0 Å². The minimum Gasteiger partial charge on any atom is -0.455 e. The van der Waals surface area contributed by atoms with Gasteiger partial charge in [0, 0.05) is 10.0 Å². The number of hydrogen-bond acceptors (Lipinski definition) is 4. The Bertz CT molecular complexity index is 1180. The predicted octanol–water partition coefficient (Wildman–Crippen LogP) is 4.61. The lowest BCUT2D eigenvalue weighted by Crippen LogP contribution is -2.20.